The number of anilines is 1. The molecule has 1 atom stereocenters. The molecule has 0 saturated carbocycles. The first kappa shape index (κ1) is 14.4. The predicted octanol–water partition coefficient (Wildman–Crippen LogP) is 1.44. The molecule has 0 bridgehead atoms. The third-order valence-electron chi connectivity index (χ3n) is 2.65. The average molecular weight is 249 g/mol. The minimum atomic E-state index is 0.200. The lowest BCUT2D eigenvalue weighted by atomic mass is 10.2. The molecule has 1 unspecified atom stereocenters. The Labute approximate surface area is 108 Å². The molecule has 5 nitrogen and oxygen atoms in total. The molecule has 0 amide bonds. The van der Waals surface area contributed by atoms with Gasteiger partial charge in [0.05, 0.1) is 24.8 Å². The van der Waals surface area contributed by atoms with Crippen LogP contribution >= 0.6 is 0 Å². The summed E-state index contributed by atoms with van der Waals surface area (Å²) in [6.07, 6.45) is 1.58. The van der Waals surface area contributed by atoms with Gasteiger partial charge in [0.25, 0.3) is 0 Å². The topological polar surface area (TPSA) is 58.4 Å². The Balaban J connectivity index is 2.83. The molecule has 1 aromatic heterocycles. The van der Waals surface area contributed by atoms with Crippen LogP contribution in [0, 0.1) is 11.3 Å². The van der Waals surface area contributed by atoms with Gasteiger partial charge in [0, 0.05) is 27.0 Å². The molecule has 0 aliphatic heterocycles. The van der Waals surface area contributed by atoms with Crippen molar-refractivity contribution < 1.29 is 9.47 Å². The average Bonchev–Trinajstić information content (AvgIpc) is 2.40. The summed E-state index contributed by atoms with van der Waals surface area (Å²) in [6.45, 7) is 4.04. The van der Waals surface area contributed by atoms with Gasteiger partial charge >= 0.3 is 0 Å². The lowest BCUT2D eigenvalue weighted by Crippen LogP contribution is -2.39. The van der Waals surface area contributed by atoms with Crippen molar-refractivity contribution >= 4 is 5.82 Å². The first-order chi connectivity index (χ1) is 8.72. The van der Waals surface area contributed by atoms with E-state index >= 15 is 0 Å². The highest BCUT2D eigenvalue weighted by atomic mass is 16.5. The summed E-state index contributed by atoms with van der Waals surface area (Å²) in [6, 6.07) is 5.87. The fourth-order valence-electron chi connectivity index (χ4n) is 1.70. The number of nitriles is 1. The van der Waals surface area contributed by atoms with Gasteiger partial charge in [-0.05, 0) is 19.1 Å². The molecule has 0 N–H and O–H groups in total. The number of aromatic nitrogens is 1. The van der Waals surface area contributed by atoms with Crippen LogP contribution in [0.4, 0.5) is 5.82 Å². The van der Waals surface area contributed by atoms with Crippen molar-refractivity contribution in [3.05, 3.63) is 23.9 Å². The molecule has 0 radical (unpaired) electrons. The van der Waals surface area contributed by atoms with Gasteiger partial charge in [-0.3, -0.25) is 0 Å². The van der Waals surface area contributed by atoms with E-state index in [0.717, 1.165) is 12.4 Å². The van der Waals surface area contributed by atoms with Crippen molar-refractivity contribution in [1.82, 2.24) is 4.98 Å². The van der Waals surface area contributed by atoms with Gasteiger partial charge in [0.15, 0.2) is 0 Å². The Hall–Kier alpha value is -1.64. The van der Waals surface area contributed by atoms with Gasteiger partial charge < -0.3 is 14.4 Å². The van der Waals surface area contributed by atoms with Gasteiger partial charge in [0.2, 0.25) is 0 Å². The number of methoxy groups -OCH3 is 2. The zero-order valence-electron chi connectivity index (χ0n) is 11.1. The number of ether oxygens (including phenoxy) is 2. The minimum Gasteiger partial charge on any atom is -0.383 e. The van der Waals surface area contributed by atoms with Crippen LogP contribution in [0.5, 0.6) is 0 Å². The number of hydrogen-bond acceptors (Lipinski definition) is 5. The third-order valence-corrected chi connectivity index (χ3v) is 2.65. The summed E-state index contributed by atoms with van der Waals surface area (Å²) in [5.41, 5.74) is 0.560. The molecule has 0 fully saturated rings. The molecular formula is C13H19N3O2. The second-order valence-corrected chi connectivity index (χ2v) is 4.01. The molecule has 18 heavy (non-hydrogen) atoms. The van der Waals surface area contributed by atoms with E-state index in [1.807, 2.05) is 6.07 Å². The first-order valence-electron chi connectivity index (χ1n) is 5.83. The van der Waals surface area contributed by atoms with Crippen LogP contribution in [-0.4, -0.2) is 45.0 Å². The highest BCUT2D eigenvalue weighted by Gasteiger charge is 2.15. The minimum absolute atomic E-state index is 0.200. The maximum atomic E-state index is 8.76. The van der Waals surface area contributed by atoms with Crippen LogP contribution in [-0.2, 0) is 9.47 Å². The molecule has 98 valence electrons. The Morgan fingerprint density at radius 3 is 2.67 bits per heavy atom. The van der Waals surface area contributed by atoms with Gasteiger partial charge in [-0.1, -0.05) is 0 Å². The van der Waals surface area contributed by atoms with E-state index in [9.17, 15) is 0 Å². The molecule has 5 heteroatoms. The molecule has 0 spiro atoms. The number of nitrogens with zero attached hydrogens (tertiary/aromatic N) is 3. The number of pyridine rings is 1. The summed E-state index contributed by atoms with van der Waals surface area (Å²) in [4.78, 5) is 6.40. The van der Waals surface area contributed by atoms with Gasteiger partial charge in [-0.2, -0.15) is 5.26 Å². The van der Waals surface area contributed by atoms with Gasteiger partial charge in [-0.25, -0.2) is 4.98 Å². The fourth-order valence-corrected chi connectivity index (χ4v) is 1.70. The molecule has 0 aromatic carbocycles. The van der Waals surface area contributed by atoms with Crippen molar-refractivity contribution in [2.24, 2.45) is 0 Å². The lowest BCUT2D eigenvalue weighted by Gasteiger charge is -2.29. The van der Waals surface area contributed by atoms with Crippen molar-refractivity contribution in [2.75, 3.05) is 38.9 Å². The number of rotatable bonds is 7. The van der Waals surface area contributed by atoms with E-state index in [-0.39, 0.29) is 6.04 Å². The summed E-state index contributed by atoms with van der Waals surface area (Å²) in [7, 11) is 3.35. The maximum absolute atomic E-state index is 8.76. The highest BCUT2D eigenvalue weighted by Crippen LogP contribution is 2.14. The third kappa shape index (κ3) is 3.99. The van der Waals surface area contributed by atoms with Crippen LogP contribution in [0.3, 0.4) is 0 Å². The molecule has 0 saturated heterocycles. The van der Waals surface area contributed by atoms with Crippen molar-refractivity contribution in [1.29, 1.82) is 5.26 Å². The normalized spacial score (nSPS) is 11.9. The summed E-state index contributed by atoms with van der Waals surface area (Å²) >= 11 is 0. The van der Waals surface area contributed by atoms with Crippen molar-refractivity contribution in [3.8, 4) is 6.07 Å². The standard InChI is InChI=1S/C13H19N3O2/c1-11(10-18-3)16(6-7-17-2)13-5-4-12(8-14)9-15-13/h4-5,9,11H,6-7,10H2,1-3H3. The van der Waals surface area contributed by atoms with E-state index in [4.69, 9.17) is 14.7 Å². The first-order valence-corrected chi connectivity index (χ1v) is 5.83. The van der Waals surface area contributed by atoms with E-state index in [1.165, 1.54) is 0 Å². The molecule has 1 rings (SSSR count). The number of hydrogen-bond donors (Lipinski definition) is 0. The van der Waals surface area contributed by atoms with E-state index < -0.39 is 0 Å². The zero-order valence-corrected chi connectivity index (χ0v) is 11.1. The summed E-state index contributed by atoms with van der Waals surface area (Å²) in [5.74, 6) is 0.829. The van der Waals surface area contributed by atoms with Crippen LogP contribution in [0.15, 0.2) is 18.3 Å². The zero-order chi connectivity index (χ0) is 13.4. The van der Waals surface area contributed by atoms with Crippen LogP contribution in [0.25, 0.3) is 0 Å². The summed E-state index contributed by atoms with van der Waals surface area (Å²) < 4.78 is 10.3. The Bertz CT molecular complexity index is 386. The molecular weight excluding hydrogens is 230 g/mol. The molecule has 0 aliphatic carbocycles. The maximum Gasteiger partial charge on any atom is 0.128 e. The second-order valence-electron chi connectivity index (χ2n) is 4.01. The smallest absolute Gasteiger partial charge is 0.128 e. The van der Waals surface area contributed by atoms with Crippen LogP contribution in [0.1, 0.15) is 12.5 Å². The highest BCUT2D eigenvalue weighted by molar-refractivity contribution is 5.42. The van der Waals surface area contributed by atoms with E-state index in [2.05, 4.69) is 22.9 Å². The summed E-state index contributed by atoms with van der Waals surface area (Å²) in [5, 5.41) is 8.76. The quantitative estimate of drug-likeness (QED) is 0.732. The Morgan fingerprint density at radius 2 is 2.17 bits per heavy atom. The fraction of sp³-hybridized carbons (Fsp3) is 0.538. The lowest BCUT2D eigenvalue weighted by molar-refractivity contribution is 0.170. The van der Waals surface area contributed by atoms with E-state index in [0.29, 0.717) is 18.8 Å². The van der Waals surface area contributed by atoms with Crippen LogP contribution < -0.4 is 4.90 Å². The molecule has 1 aromatic rings. The SMILES string of the molecule is COCCN(c1ccc(C#N)cn1)C(C)COC. The second kappa shape index (κ2) is 7.64. The van der Waals surface area contributed by atoms with Gasteiger partial charge in [-0.15, -0.1) is 0 Å². The van der Waals surface area contributed by atoms with Gasteiger partial charge in [0.1, 0.15) is 11.9 Å². The monoisotopic (exact) mass is 249 g/mol. The van der Waals surface area contributed by atoms with Crippen molar-refractivity contribution in [2.45, 2.75) is 13.0 Å². The predicted molar refractivity (Wildman–Crippen MR) is 69.5 cm³/mol. The molecule has 1 heterocycles. The van der Waals surface area contributed by atoms with E-state index in [1.54, 1.807) is 26.5 Å². The largest absolute Gasteiger partial charge is 0.383 e. The molecule has 0 aliphatic rings. The van der Waals surface area contributed by atoms with Crippen molar-refractivity contribution in [3.63, 3.8) is 0 Å². The van der Waals surface area contributed by atoms with Crippen LogP contribution in [0.2, 0.25) is 0 Å². The Morgan fingerprint density at radius 1 is 1.39 bits per heavy atom. The Kier molecular flexibility index (Phi) is 6.12.